The Labute approximate surface area is 91.5 Å². The number of aliphatic hydroxyl groups is 5. The van der Waals surface area contributed by atoms with Gasteiger partial charge in [0.15, 0.2) is 0 Å². The Kier molecular flexibility index (Phi) is 5.27. The molecule has 0 aromatic carbocycles. The fourth-order valence-electron chi connectivity index (χ4n) is 1.37. The first-order valence-electron chi connectivity index (χ1n) is 4.64. The normalized spacial score (nSPS) is 41.8. The first-order valence-corrected chi connectivity index (χ1v) is 5.69. The van der Waals surface area contributed by atoms with E-state index >= 15 is 0 Å². The van der Waals surface area contributed by atoms with E-state index in [0.717, 1.165) is 11.8 Å². The Bertz CT molecular complexity index is 190. The fourth-order valence-corrected chi connectivity index (χ4v) is 2.29. The van der Waals surface area contributed by atoms with Crippen LogP contribution < -0.4 is 0 Å². The second kappa shape index (κ2) is 6.00. The summed E-state index contributed by atoms with van der Waals surface area (Å²) in [6.07, 6.45) is -4.76. The van der Waals surface area contributed by atoms with Crippen molar-refractivity contribution in [2.45, 2.75) is 29.9 Å². The SMILES string of the molecule is OCCSC1OC(CO)C(O)C(O)C1O. The van der Waals surface area contributed by atoms with E-state index in [2.05, 4.69) is 0 Å². The Balaban J connectivity index is 2.57. The third kappa shape index (κ3) is 3.04. The van der Waals surface area contributed by atoms with Gasteiger partial charge in [-0.1, -0.05) is 0 Å². The van der Waals surface area contributed by atoms with Crippen molar-refractivity contribution in [3.8, 4) is 0 Å². The maximum absolute atomic E-state index is 9.53. The standard InChI is InChI=1S/C8H16O6S/c9-1-2-15-8-7(13)6(12)5(11)4(3-10)14-8/h4-13H,1-3H2. The third-order valence-electron chi connectivity index (χ3n) is 2.22. The highest BCUT2D eigenvalue weighted by atomic mass is 32.2. The van der Waals surface area contributed by atoms with Crippen molar-refractivity contribution in [3.05, 3.63) is 0 Å². The van der Waals surface area contributed by atoms with Crippen molar-refractivity contribution >= 4 is 11.8 Å². The van der Waals surface area contributed by atoms with E-state index in [-0.39, 0.29) is 6.61 Å². The van der Waals surface area contributed by atoms with Gasteiger partial charge in [0, 0.05) is 5.75 Å². The number of ether oxygens (including phenoxy) is 1. The molecular formula is C8H16O6S. The van der Waals surface area contributed by atoms with E-state index < -0.39 is 36.5 Å². The summed E-state index contributed by atoms with van der Waals surface area (Å²) >= 11 is 1.13. The van der Waals surface area contributed by atoms with Gasteiger partial charge in [-0.15, -0.1) is 11.8 Å². The van der Waals surface area contributed by atoms with Gasteiger partial charge in [0.2, 0.25) is 0 Å². The first kappa shape index (κ1) is 13.2. The molecule has 6 nitrogen and oxygen atoms in total. The Morgan fingerprint density at radius 3 is 2.20 bits per heavy atom. The lowest BCUT2D eigenvalue weighted by Gasteiger charge is -2.39. The summed E-state index contributed by atoms with van der Waals surface area (Å²) in [7, 11) is 0. The van der Waals surface area contributed by atoms with Crippen LogP contribution in [0.25, 0.3) is 0 Å². The molecule has 1 aliphatic heterocycles. The minimum Gasteiger partial charge on any atom is -0.396 e. The van der Waals surface area contributed by atoms with Gasteiger partial charge in [0.1, 0.15) is 29.9 Å². The van der Waals surface area contributed by atoms with E-state index in [1.54, 1.807) is 0 Å². The molecule has 0 saturated carbocycles. The highest BCUT2D eigenvalue weighted by Crippen LogP contribution is 2.27. The van der Waals surface area contributed by atoms with E-state index in [1.165, 1.54) is 0 Å². The van der Waals surface area contributed by atoms with Crippen LogP contribution in [0.15, 0.2) is 0 Å². The van der Waals surface area contributed by atoms with Gasteiger partial charge in [0.25, 0.3) is 0 Å². The van der Waals surface area contributed by atoms with Crippen LogP contribution in [0.2, 0.25) is 0 Å². The Hall–Kier alpha value is 0.110. The molecule has 90 valence electrons. The molecule has 0 radical (unpaired) electrons. The number of hydrogen-bond donors (Lipinski definition) is 5. The summed E-state index contributed by atoms with van der Waals surface area (Å²) in [4.78, 5) is 0. The van der Waals surface area contributed by atoms with Gasteiger partial charge in [-0.3, -0.25) is 0 Å². The van der Waals surface area contributed by atoms with Gasteiger partial charge in [0.05, 0.1) is 13.2 Å². The van der Waals surface area contributed by atoms with Crippen molar-refractivity contribution < 1.29 is 30.3 Å². The zero-order valence-corrected chi connectivity index (χ0v) is 8.88. The van der Waals surface area contributed by atoms with Crippen molar-refractivity contribution in [2.75, 3.05) is 19.0 Å². The predicted molar refractivity (Wildman–Crippen MR) is 53.3 cm³/mol. The average Bonchev–Trinajstić information content (AvgIpc) is 2.25. The predicted octanol–water partition coefficient (Wildman–Crippen LogP) is -2.49. The van der Waals surface area contributed by atoms with Crippen LogP contribution in [-0.2, 0) is 4.74 Å². The van der Waals surface area contributed by atoms with Gasteiger partial charge in [-0.2, -0.15) is 0 Å². The molecule has 0 aromatic heterocycles. The number of hydrogen-bond acceptors (Lipinski definition) is 7. The quantitative estimate of drug-likeness (QED) is 0.370. The Morgan fingerprint density at radius 1 is 1.00 bits per heavy atom. The summed E-state index contributed by atoms with van der Waals surface area (Å²) in [6, 6.07) is 0. The van der Waals surface area contributed by atoms with Gasteiger partial charge in [-0.25, -0.2) is 0 Å². The van der Waals surface area contributed by atoms with Crippen LogP contribution in [0.3, 0.4) is 0 Å². The lowest BCUT2D eigenvalue weighted by molar-refractivity contribution is -0.205. The minimum absolute atomic E-state index is 0.0698. The molecule has 1 heterocycles. The lowest BCUT2D eigenvalue weighted by atomic mass is 10.0. The number of thioether (sulfide) groups is 1. The van der Waals surface area contributed by atoms with Crippen molar-refractivity contribution in [2.24, 2.45) is 0 Å². The topological polar surface area (TPSA) is 110 Å². The van der Waals surface area contributed by atoms with E-state index in [4.69, 9.17) is 14.9 Å². The molecule has 0 spiro atoms. The zero-order valence-electron chi connectivity index (χ0n) is 8.06. The molecule has 0 aliphatic carbocycles. The third-order valence-corrected chi connectivity index (χ3v) is 3.36. The monoisotopic (exact) mass is 240 g/mol. The van der Waals surface area contributed by atoms with E-state index in [0.29, 0.717) is 5.75 Å². The smallest absolute Gasteiger partial charge is 0.132 e. The van der Waals surface area contributed by atoms with E-state index in [9.17, 15) is 15.3 Å². The summed E-state index contributed by atoms with van der Waals surface area (Å²) in [5, 5.41) is 45.9. The van der Waals surface area contributed by atoms with Crippen LogP contribution in [0.5, 0.6) is 0 Å². The van der Waals surface area contributed by atoms with Crippen LogP contribution in [-0.4, -0.2) is 74.4 Å². The highest BCUT2D eigenvalue weighted by Gasteiger charge is 2.43. The van der Waals surface area contributed by atoms with E-state index in [1.807, 2.05) is 0 Å². The highest BCUT2D eigenvalue weighted by molar-refractivity contribution is 7.99. The molecule has 1 aliphatic rings. The molecule has 5 N–H and O–H groups in total. The van der Waals surface area contributed by atoms with Crippen LogP contribution in [0.1, 0.15) is 0 Å². The molecule has 15 heavy (non-hydrogen) atoms. The average molecular weight is 240 g/mol. The molecule has 5 atom stereocenters. The maximum Gasteiger partial charge on any atom is 0.132 e. The number of aliphatic hydroxyl groups excluding tert-OH is 5. The van der Waals surface area contributed by atoms with Crippen molar-refractivity contribution in [1.82, 2.24) is 0 Å². The summed E-state index contributed by atoms with van der Waals surface area (Å²) in [6.45, 7) is -0.499. The lowest BCUT2D eigenvalue weighted by Crippen LogP contribution is -2.57. The van der Waals surface area contributed by atoms with Crippen molar-refractivity contribution in [1.29, 1.82) is 0 Å². The minimum atomic E-state index is -1.34. The van der Waals surface area contributed by atoms with Gasteiger partial charge < -0.3 is 30.3 Å². The zero-order chi connectivity index (χ0) is 11.4. The molecule has 1 saturated heterocycles. The van der Waals surface area contributed by atoms with Crippen LogP contribution >= 0.6 is 11.8 Å². The summed E-state index contributed by atoms with van der Waals surface area (Å²) < 4.78 is 5.17. The summed E-state index contributed by atoms with van der Waals surface area (Å²) in [5.41, 5.74) is -0.743. The Morgan fingerprint density at radius 2 is 1.67 bits per heavy atom. The van der Waals surface area contributed by atoms with Crippen LogP contribution in [0.4, 0.5) is 0 Å². The van der Waals surface area contributed by atoms with Crippen molar-refractivity contribution in [3.63, 3.8) is 0 Å². The summed E-state index contributed by atoms with van der Waals surface area (Å²) in [5.74, 6) is 0.350. The molecule has 0 bridgehead atoms. The molecule has 0 aromatic rings. The molecule has 1 rings (SSSR count). The first-order chi connectivity index (χ1) is 7.11. The van der Waals surface area contributed by atoms with Crippen LogP contribution in [0, 0.1) is 0 Å². The molecular weight excluding hydrogens is 224 g/mol. The molecule has 5 unspecified atom stereocenters. The molecule has 1 fully saturated rings. The second-order valence-corrected chi connectivity index (χ2v) is 4.50. The van der Waals surface area contributed by atoms with Gasteiger partial charge in [-0.05, 0) is 0 Å². The molecule has 7 heteroatoms. The number of rotatable bonds is 4. The largest absolute Gasteiger partial charge is 0.396 e. The van der Waals surface area contributed by atoms with Gasteiger partial charge >= 0.3 is 0 Å². The maximum atomic E-state index is 9.53. The fraction of sp³-hybridized carbons (Fsp3) is 1.00. The molecule has 0 amide bonds. The second-order valence-electron chi connectivity index (χ2n) is 3.29.